The quantitative estimate of drug-likeness (QED) is 0.562. The number of sulfonamides is 1. The van der Waals surface area contributed by atoms with Gasteiger partial charge in [-0.1, -0.05) is 29.8 Å². The number of halogens is 2. The molecule has 0 atom stereocenters. The van der Waals surface area contributed by atoms with Crippen molar-refractivity contribution < 1.29 is 26.7 Å². The van der Waals surface area contributed by atoms with Gasteiger partial charge in [-0.25, -0.2) is 21.9 Å². The highest BCUT2D eigenvalue weighted by molar-refractivity contribution is 7.89. The van der Waals surface area contributed by atoms with Gasteiger partial charge in [0.1, 0.15) is 23.1 Å². The van der Waals surface area contributed by atoms with Gasteiger partial charge in [0.05, 0.1) is 0 Å². The van der Waals surface area contributed by atoms with Crippen molar-refractivity contribution in [2.24, 2.45) is 0 Å². The van der Waals surface area contributed by atoms with Crippen molar-refractivity contribution in [3.63, 3.8) is 0 Å². The summed E-state index contributed by atoms with van der Waals surface area (Å²) >= 11 is 0. The molecule has 0 bridgehead atoms. The average Bonchev–Trinajstić information content (AvgIpc) is 2.58. The highest BCUT2D eigenvalue weighted by Crippen LogP contribution is 2.15. The van der Waals surface area contributed by atoms with E-state index in [9.17, 15) is 22.0 Å². The maximum atomic E-state index is 13.5. The van der Waals surface area contributed by atoms with Crippen LogP contribution in [0.25, 0.3) is 0 Å². The highest BCUT2D eigenvalue weighted by atomic mass is 32.2. The molecular weight excluding hydrogens is 364 g/mol. The molecule has 1 N–H and O–H groups in total. The summed E-state index contributed by atoms with van der Waals surface area (Å²) in [6, 6.07) is 9.74. The van der Waals surface area contributed by atoms with E-state index < -0.39 is 32.5 Å². The summed E-state index contributed by atoms with van der Waals surface area (Å²) in [5.74, 6) is -2.49. The van der Waals surface area contributed by atoms with Gasteiger partial charge in [-0.05, 0) is 31.0 Å². The second kappa shape index (κ2) is 8.86. The number of aryl methyl sites for hydroxylation is 1. The van der Waals surface area contributed by atoms with Gasteiger partial charge < -0.3 is 4.74 Å². The van der Waals surface area contributed by atoms with Gasteiger partial charge in [-0.15, -0.1) is 0 Å². The number of carbonyl (C=O) groups excluding carboxylic acids is 1. The molecule has 26 heavy (non-hydrogen) atoms. The van der Waals surface area contributed by atoms with E-state index >= 15 is 0 Å². The maximum Gasteiger partial charge on any atom is 0.306 e. The van der Waals surface area contributed by atoms with E-state index in [0.717, 1.165) is 23.3 Å². The molecule has 5 nitrogen and oxygen atoms in total. The Morgan fingerprint density at radius 3 is 2.46 bits per heavy atom. The number of carbonyl (C=O) groups is 1. The first-order valence-corrected chi connectivity index (χ1v) is 9.42. The minimum Gasteiger partial charge on any atom is -0.461 e. The van der Waals surface area contributed by atoms with E-state index in [2.05, 4.69) is 4.72 Å². The van der Waals surface area contributed by atoms with Gasteiger partial charge in [-0.3, -0.25) is 4.79 Å². The lowest BCUT2D eigenvalue weighted by atomic mass is 10.2. The number of benzene rings is 2. The molecule has 0 fully saturated rings. The normalized spacial score (nSPS) is 11.3. The second-order valence-electron chi connectivity index (χ2n) is 5.72. The zero-order valence-corrected chi connectivity index (χ0v) is 15.0. The molecule has 0 aliphatic rings. The number of nitrogens with one attached hydrogen (secondary N) is 1. The predicted octanol–water partition coefficient (Wildman–Crippen LogP) is 3.08. The summed E-state index contributed by atoms with van der Waals surface area (Å²) in [4.78, 5) is 11.0. The van der Waals surface area contributed by atoms with Crippen LogP contribution in [0.3, 0.4) is 0 Å². The van der Waals surface area contributed by atoms with E-state index in [1.807, 2.05) is 31.2 Å². The van der Waals surface area contributed by atoms with Crippen molar-refractivity contribution in [2.75, 3.05) is 6.54 Å². The van der Waals surface area contributed by atoms with Crippen LogP contribution < -0.4 is 4.72 Å². The summed E-state index contributed by atoms with van der Waals surface area (Å²) in [7, 11) is -4.11. The Kier molecular flexibility index (Phi) is 6.82. The van der Waals surface area contributed by atoms with Crippen LogP contribution in [0.2, 0.25) is 0 Å². The predicted molar refractivity (Wildman–Crippen MR) is 91.8 cm³/mol. The van der Waals surface area contributed by atoms with Crippen LogP contribution >= 0.6 is 0 Å². The SMILES string of the molecule is Cc1ccc(COC(=O)CCCNS(=O)(=O)c2ccc(F)cc2F)cc1. The van der Waals surface area contributed by atoms with Gasteiger partial charge in [0.2, 0.25) is 10.0 Å². The largest absolute Gasteiger partial charge is 0.461 e. The van der Waals surface area contributed by atoms with Crippen molar-refractivity contribution in [2.45, 2.75) is 31.3 Å². The summed E-state index contributed by atoms with van der Waals surface area (Å²) < 4.78 is 57.6. The van der Waals surface area contributed by atoms with Crippen molar-refractivity contribution in [3.05, 3.63) is 65.2 Å². The van der Waals surface area contributed by atoms with Crippen molar-refractivity contribution in [1.29, 1.82) is 0 Å². The molecule has 0 amide bonds. The van der Waals surface area contributed by atoms with Gasteiger partial charge in [0.25, 0.3) is 0 Å². The highest BCUT2D eigenvalue weighted by Gasteiger charge is 2.19. The van der Waals surface area contributed by atoms with Crippen LogP contribution in [0.15, 0.2) is 47.4 Å². The lowest BCUT2D eigenvalue weighted by Crippen LogP contribution is -2.26. The third-order valence-corrected chi connectivity index (χ3v) is 5.05. The van der Waals surface area contributed by atoms with E-state index in [1.165, 1.54) is 0 Å². The molecular formula is C18H19F2NO4S. The Morgan fingerprint density at radius 2 is 1.81 bits per heavy atom. The average molecular weight is 383 g/mol. The molecule has 8 heteroatoms. The third-order valence-electron chi connectivity index (χ3n) is 3.55. The van der Waals surface area contributed by atoms with Gasteiger partial charge in [0, 0.05) is 19.0 Å². The molecule has 140 valence electrons. The first-order chi connectivity index (χ1) is 12.3. The van der Waals surface area contributed by atoms with Crippen molar-refractivity contribution >= 4 is 16.0 Å². The molecule has 0 spiro atoms. The molecule has 2 aromatic rings. The van der Waals surface area contributed by atoms with Gasteiger partial charge in [0.15, 0.2) is 0 Å². The number of ether oxygens (including phenoxy) is 1. The summed E-state index contributed by atoms with van der Waals surface area (Å²) in [5.41, 5.74) is 1.96. The summed E-state index contributed by atoms with van der Waals surface area (Å²) in [6.45, 7) is 2.03. The monoisotopic (exact) mass is 383 g/mol. The van der Waals surface area contributed by atoms with E-state index in [4.69, 9.17) is 4.74 Å². The molecule has 0 heterocycles. The van der Waals surface area contributed by atoms with Crippen molar-refractivity contribution in [1.82, 2.24) is 4.72 Å². The fourth-order valence-electron chi connectivity index (χ4n) is 2.13. The third kappa shape index (κ3) is 5.89. The summed E-state index contributed by atoms with van der Waals surface area (Å²) in [6.07, 6.45) is 0.203. The van der Waals surface area contributed by atoms with Gasteiger partial charge >= 0.3 is 5.97 Å². The topological polar surface area (TPSA) is 72.5 Å². The van der Waals surface area contributed by atoms with Crippen LogP contribution in [-0.2, 0) is 26.2 Å². The Bertz CT molecular complexity index is 867. The standard InChI is InChI=1S/C18H19F2NO4S/c1-13-4-6-14(7-5-13)12-25-18(22)3-2-10-21-26(23,24)17-9-8-15(19)11-16(17)20/h4-9,11,21H,2-3,10,12H2,1H3. The fourth-order valence-corrected chi connectivity index (χ4v) is 3.26. The Hall–Kier alpha value is -2.32. The molecule has 0 radical (unpaired) electrons. The Balaban J connectivity index is 1.75. The van der Waals surface area contributed by atoms with Crippen LogP contribution in [0, 0.1) is 18.6 Å². The van der Waals surface area contributed by atoms with Crippen molar-refractivity contribution in [3.8, 4) is 0 Å². The molecule has 2 aromatic carbocycles. The van der Waals surface area contributed by atoms with E-state index in [1.54, 1.807) is 0 Å². The molecule has 2 rings (SSSR count). The van der Waals surface area contributed by atoms with E-state index in [-0.39, 0.29) is 26.0 Å². The summed E-state index contributed by atoms with van der Waals surface area (Å²) in [5, 5.41) is 0. The smallest absolute Gasteiger partial charge is 0.306 e. The van der Waals surface area contributed by atoms with Crippen LogP contribution in [0.4, 0.5) is 8.78 Å². The minimum atomic E-state index is -4.11. The van der Waals surface area contributed by atoms with Crippen LogP contribution in [0.1, 0.15) is 24.0 Å². The first kappa shape index (κ1) is 20.0. The van der Waals surface area contributed by atoms with Crippen LogP contribution in [-0.4, -0.2) is 20.9 Å². The molecule has 0 saturated heterocycles. The zero-order chi connectivity index (χ0) is 19.2. The number of hydrogen-bond acceptors (Lipinski definition) is 4. The number of rotatable bonds is 8. The number of esters is 1. The fraction of sp³-hybridized carbons (Fsp3) is 0.278. The minimum absolute atomic E-state index is 0.0142. The van der Waals surface area contributed by atoms with E-state index in [0.29, 0.717) is 6.07 Å². The Morgan fingerprint density at radius 1 is 1.12 bits per heavy atom. The zero-order valence-electron chi connectivity index (χ0n) is 14.2. The first-order valence-electron chi connectivity index (χ1n) is 7.94. The van der Waals surface area contributed by atoms with Gasteiger partial charge in [-0.2, -0.15) is 0 Å². The molecule has 0 aromatic heterocycles. The molecule has 0 aliphatic carbocycles. The molecule has 0 unspecified atom stereocenters. The maximum absolute atomic E-state index is 13.5. The molecule has 0 aliphatic heterocycles. The molecule has 0 saturated carbocycles. The lowest BCUT2D eigenvalue weighted by Gasteiger charge is -2.08. The van der Waals surface area contributed by atoms with Crippen LogP contribution in [0.5, 0.6) is 0 Å². The second-order valence-corrected chi connectivity index (χ2v) is 7.46. The Labute approximate surface area is 151 Å². The number of hydrogen-bond donors (Lipinski definition) is 1. The lowest BCUT2D eigenvalue weighted by molar-refractivity contribution is -0.145.